The predicted octanol–water partition coefficient (Wildman–Crippen LogP) is 5.77. The lowest BCUT2D eigenvalue weighted by Crippen LogP contribution is -2.60. The SMILES string of the molecule is O=S1(=O)CC2(CC(Nc3nccc(-c4sc(C5(C(F)F)CC5)nc4-c4cccc(NS(=O)(=O)c5c(F)cccc5F)c4F)n3)C2)C1. The molecule has 0 bridgehead atoms. The number of alkyl halides is 2. The minimum Gasteiger partial charge on any atom is -0.351 e. The molecule has 1 spiro atoms. The number of thiazole rings is 1. The summed E-state index contributed by atoms with van der Waals surface area (Å²) in [6.07, 6.45) is 0.281. The standard InChI is InChI=1S/C29H24F5N5O4S3/c30-17-4-2-5-18(31)24(17)46(42,43)39-19-6-1-3-16(21(19)32)22-23(44-26(38-22)29(8-9-29)25(33)34)20-7-10-35-27(37-20)36-15-11-28(12-15)13-45(40,41)14-28/h1-7,10,15,25,39H,8-9,11-14H2,(H,35,36,37). The Morgan fingerprint density at radius 2 is 1.63 bits per heavy atom. The first-order chi connectivity index (χ1) is 21.7. The van der Waals surface area contributed by atoms with Crippen LogP contribution in [-0.4, -0.2) is 55.8 Å². The highest BCUT2D eigenvalue weighted by atomic mass is 32.2. The van der Waals surface area contributed by atoms with E-state index in [0.717, 1.165) is 35.6 Å². The lowest BCUT2D eigenvalue weighted by Gasteiger charge is -2.53. The highest BCUT2D eigenvalue weighted by Crippen LogP contribution is 2.56. The minimum absolute atomic E-state index is 0.0616. The Labute approximate surface area is 264 Å². The Morgan fingerprint density at radius 1 is 0.957 bits per heavy atom. The Balaban J connectivity index is 1.24. The zero-order chi connectivity index (χ0) is 32.6. The number of sulfonamides is 1. The van der Waals surface area contributed by atoms with Crippen molar-refractivity contribution in [2.24, 2.45) is 5.41 Å². The van der Waals surface area contributed by atoms with E-state index in [2.05, 4.69) is 20.3 Å². The van der Waals surface area contributed by atoms with Crippen LogP contribution in [0.1, 0.15) is 30.7 Å². The van der Waals surface area contributed by atoms with Crippen LogP contribution in [0.25, 0.3) is 21.8 Å². The molecule has 1 saturated heterocycles. The number of sulfone groups is 1. The fourth-order valence-electron chi connectivity index (χ4n) is 6.23. The van der Waals surface area contributed by atoms with Gasteiger partial charge in [-0.15, -0.1) is 11.3 Å². The third-order valence-electron chi connectivity index (χ3n) is 8.58. The van der Waals surface area contributed by atoms with Crippen LogP contribution in [0.2, 0.25) is 0 Å². The molecule has 3 fully saturated rings. The van der Waals surface area contributed by atoms with E-state index in [9.17, 15) is 34.4 Å². The number of nitrogens with one attached hydrogen (secondary N) is 2. The van der Waals surface area contributed by atoms with Crippen LogP contribution < -0.4 is 10.0 Å². The molecule has 46 heavy (non-hydrogen) atoms. The highest BCUT2D eigenvalue weighted by Gasteiger charge is 2.57. The van der Waals surface area contributed by atoms with Gasteiger partial charge in [-0.2, -0.15) is 0 Å². The van der Waals surface area contributed by atoms with Crippen molar-refractivity contribution in [1.82, 2.24) is 15.0 Å². The summed E-state index contributed by atoms with van der Waals surface area (Å²) in [7, 11) is -7.91. The van der Waals surface area contributed by atoms with E-state index < -0.39 is 59.7 Å². The lowest BCUT2D eigenvalue weighted by atomic mass is 9.67. The number of hydrogen-bond acceptors (Lipinski definition) is 9. The van der Waals surface area contributed by atoms with Gasteiger partial charge >= 0.3 is 0 Å². The van der Waals surface area contributed by atoms with Crippen LogP contribution in [0.4, 0.5) is 33.6 Å². The number of aromatic nitrogens is 3. The molecule has 2 N–H and O–H groups in total. The van der Waals surface area contributed by atoms with Gasteiger partial charge in [-0.1, -0.05) is 12.1 Å². The van der Waals surface area contributed by atoms with Gasteiger partial charge in [0.25, 0.3) is 10.0 Å². The first kappa shape index (κ1) is 30.9. The summed E-state index contributed by atoms with van der Waals surface area (Å²) >= 11 is 0.913. The van der Waals surface area contributed by atoms with Gasteiger partial charge in [0.05, 0.1) is 38.9 Å². The van der Waals surface area contributed by atoms with Gasteiger partial charge in [-0.25, -0.2) is 53.7 Å². The van der Waals surface area contributed by atoms with Crippen molar-refractivity contribution < 1.29 is 38.8 Å². The average molecular weight is 698 g/mol. The average Bonchev–Trinajstić information content (AvgIpc) is 3.65. The second kappa shape index (κ2) is 10.7. The largest absolute Gasteiger partial charge is 0.351 e. The van der Waals surface area contributed by atoms with Gasteiger partial charge in [-0.3, -0.25) is 4.72 Å². The smallest absolute Gasteiger partial charge is 0.267 e. The van der Waals surface area contributed by atoms with E-state index in [1.54, 1.807) is 0 Å². The van der Waals surface area contributed by atoms with E-state index in [-0.39, 0.29) is 68.6 Å². The topological polar surface area (TPSA) is 131 Å². The zero-order valence-electron chi connectivity index (χ0n) is 23.6. The molecule has 9 nitrogen and oxygen atoms in total. The van der Waals surface area contributed by atoms with Gasteiger partial charge in [0.2, 0.25) is 12.4 Å². The maximum Gasteiger partial charge on any atom is 0.267 e. The lowest BCUT2D eigenvalue weighted by molar-refractivity contribution is 0.102. The number of nitrogens with zero attached hydrogens (tertiary/aromatic N) is 3. The van der Waals surface area contributed by atoms with Crippen LogP contribution in [0.3, 0.4) is 0 Å². The van der Waals surface area contributed by atoms with Crippen molar-refractivity contribution in [1.29, 1.82) is 0 Å². The fraction of sp³-hybridized carbons (Fsp3) is 0.345. The summed E-state index contributed by atoms with van der Waals surface area (Å²) in [4.78, 5) is 12.1. The van der Waals surface area contributed by atoms with Crippen LogP contribution in [0.15, 0.2) is 53.6 Å². The molecule has 2 aromatic carbocycles. The molecule has 3 heterocycles. The summed E-state index contributed by atoms with van der Waals surface area (Å²) in [5.74, 6) is -3.41. The zero-order valence-corrected chi connectivity index (χ0v) is 26.1. The quantitative estimate of drug-likeness (QED) is 0.211. The van der Waals surface area contributed by atoms with Crippen LogP contribution in [-0.2, 0) is 25.3 Å². The molecule has 0 radical (unpaired) electrons. The fourth-order valence-corrected chi connectivity index (χ4v) is 11.0. The van der Waals surface area contributed by atoms with Crippen molar-refractivity contribution in [3.8, 4) is 21.8 Å². The number of anilines is 2. The molecule has 0 atom stereocenters. The van der Waals surface area contributed by atoms with E-state index in [0.29, 0.717) is 12.8 Å². The van der Waals surface area contributed by atoms with Crippen molar-refractivity contribution in [3.05, 3.63) is 71.1 Å². The number of hydrogen-bond donors (Lipinski definition) is 2. The number of benzene rings is 2. The molecule has 0 unspecified atom stereocenters. The van der Waals surface area contributed by atoms with Gasteiger partial charge in [0, 0.05) is 23.2 Å². The Morgan fingerprint density at radius 3 is 2.26 bits per heavy atom. The summed E-state index contributed by atoms with van der Waals surface area (Å²) in [5, 5.41) is 3.23. The van der Waals surface area contributed by atoms with E-state index in [1.807, 2.05) is 4.72 Å². The van der Waals surface area contributed by atoms with Gasteiger partial charge in [0.15, 0.2) is 20.5 Å². The Bertz CT molecular complexity index is 2070. The first-order valence-electron chi connectivity index (χ1n) is 14.1. The third-order valence-corrected chi connectivity index (χ3v) is 13.4. The third kappa shape index (κ3) is 5.31. The summed E-state index contributed by atoms with van der Waals surface area (Å²) in [5.41, 5.74) is -2.47. The van der Waals surface area contributed by atoms with Crippen molar-refractivity contribution in [2.45, 2.75) is 48.5 Å². The van der Waals surface area contributed by atoms with E-state index in [4.69, 9.17) is 0 Å². The molecule has 2 aliphatic carbocycles. The monoisotopic (exact) mass is 697 g/mol. The molecular weight excluding hydrogens is 674 g/mol. The Hall–Kier alpha value is -3.70. The van der Waals surface area contributed by atoms with Crippen molar-refractivity contribution in [3.63, 3.8) is 0 Å². The minimum atomic E-state index is -4.92. The predicted molar refractivity (Wildman–Crippen MR) is 160 cm³/mol. The van der Waals surface area contributed by atoms with Crippen molar-refractivity contribution >= 4 is 42.8 Å². The molecule has 17 heteroatoms. The maximum absolute atomic E-state index is 16.1. The van der Waals surface area contributed by atoms with Crippen LogP contribution in [0.5, 0.6) is 0 Å². The van der Waals surface area contributed by atoms with E-state index in [1.165, 1.54) is 24.4 Å². The number of rotatable bonds is 9. The summed E-state index contributed by atoms with van der Waals surface area (Å²) in [6.45, 7) is 0. The highest BCUT2D eigenvalue weighted by molar-refractivity contribution is 7.93. The molecule has 1 aliphatic heterocycles. The second-order valence-electron chi connectivity index (χ2n) is 12.0. The van der Waals surface area contributed by atoms with Gasteiger partial charge in [-0.05, 0) is 56.0 Å². The molecular formula is C29H24F5N5O4S3. The van der Waals surface area contributed by atoms with Gasteiger partial charge in [0.1, 0.15) is 16.6 Å². The maximum atomic E-state index is 16.1. The molecule has 0 amide bonds. The molecule has 4 aromatic rings. The molecule has 2 aromatic heterocycles. The Kier molecular flexibility index (Phi) is 7.17. The van der Waals surface area contributed by atoms with Crippen molar-refractivity contribution in [2.75, 3.05) is 21.5 Å². The summed E-state index contributed by atoms with van der Waals surface area (Å²) < 4.78 is 124. The van der Waals surface area contributed by atoms with Crippen LogP contribution >= 0.6 is 11.3 Å². The molecule has 7 rings (SSSR count). The normalized spacial score (nSPS) is 19.4. The first-order valence-corrected chi connectivity index (χ1v) is 18.2. The van der Waals surface area contributed by atoms with Crippen LogP contribution in [0, 0.1) is 22.9 Å². The summed E-state index contributed by atoms with van der Waals surface area (Å²) in [6, 6.07) is 7.52. The molecule has 2 saturated carbocycles. The molecule has 3 aliphatic rings. The van der Waals surface area contributed by atoms with E-state index >= 15 is 4.39 Å². The number of halogens is 5. The second-order valence-corrected chi connectivity index (χ2v) is 16.7. The van der Waals surface area contributed by atoms with Gasteiger partial charge < -0.3 is 5.32 Å². The molecule has 242 valence electrons.